The molecule has 3 nitrogen and oxygen atoms in total. The second-order valence-corrected chi connectivity index (χ2v) is 6.03. The predicted molar refractivity (Wildman–Crippen MR) is 79.0 cm³/mol. The van der Waals surface area contributed by atoms with Crippen molar-refractivity contribution in [3.63, 3.8) is 0 Å². The van der Waals surface area contributed by atoms with E-state index in [1.54, 1.807) is 24.3 Å². The van der Waals surface area contributed by atoms with E-state index in [1.165, 1.54) is 11.3 Å². The average Bonchev–Trinajstić information content (AvgIpc) is 2.68. The maximum atomic E-state index is 11.8. The van der Waals surface area contributed by atoms with Gasteiger partial charge in [-0.15, -0.1) is 11.3 Å². The smallest absolute Gasteiger partial charge is 0.348 e. The highest BCUT2D eigenvalue weighted by Gasteiger charge is 2.13. The van der Waals surface area contributed by atoms with Crippen LogP contribution in [0, 0.1) is 6.92 Å². The fraction of sp³-hybridized carbons (Fsp3) is 0.154. The Morgan fingerprint density at radius 2 is 2.11 bits per heavy atom. The highest BCUT2D eigenvalue weighted by atomic mass is 35.5. The van der Waals surface area contributed by atoms with Gasteiger partial charge in [0.25, 0.3) is 0 Å². The van der Waals surface area contributed by atoms with Crippen LogP contribution in [0.3, 0.4) is 0 Å². The molecular weight excluding hydrogens is 305 g/mol. The quantitative estimate of drug-likeness (QED) is 0.859. The maximum Gasteiger partial charge on any atom is 0.348 e. The number of halogens is 2. The zero-order valence-corrected chi connectivity index (χ0v) is 12.4. The summed E-state index contributed by atoms with van der Waals surface area (Å²) in [6.07, 6.45) is 0. The molecule has 1 aromatic heterocycles. The van der Waals surface area contributed by atoms with Crippen LogP contribution < -0.4 is 5.73 Å². The number of benzene rings is 1. The van der Waals surface area contributed by atoms with Crippen LogP contribution in [0.1, 0.15) is 20.1 Å². The molecule has 100 valence electrons. The largest absolute Gasteiger partial charge is 0.457 e. The van der Waals surface area contributed by atoms with Gasteiger partial charge in [0.15, 0.2) is 0 Å². The normalized spacial score (nSPS) is 10.5. The number of carbonyl (C=O) groups excluding carboxylic acids is 1. The number of hydrogen-bond acceptors (Lipinski definition) is 4. The van der Waals surface area contributed by atoms with Crippen LogP contribution in [0.15, 0.2) is 24.3 Å². The molecule has 19 heavy (non-hydrogen) atoms. The Morgan fingerprint density at radius 3 is 2.68 bits per heavy atom. The molecule has 0 aliphatic carbocycles. The molecule has 0 bridgehead atoms. The third-order valence-corrected chi connectivity index (χ3v) is 4.16. The van der Waals surface area contributed by atoms with E-state index in [0.717, 1.165) is 4.88 Å². The van der Waals surface area contributed by atoms with Gasteiger partial charge in [0.05, 0.1) is 0 Å². The molecule has 0 amide bonds. The first kappa shape index (κ1) is 14.2. The maximum absolute atomic E-state index is 11.8. The van der Waals surface area contributed by atoms with Gasteiger partial charge in [-0.05, 0) is 25.1 Å². The third kappa shape index (κ3) is 3.41. The molecule has 0 aliphatic rings. The number of nitrogens with two attached hydrogens (primary N) is 1. The third-order valence-electron chi connectivity index (χ3n) is 2.53. The molecule has 6 heteroatoms. The SMILES string of the molecule is Cc1sc(C(=O)OCc2ccc(Cl)cc2Cl)cc1N. The lowest BCUT2D eigenvalue weighted by Crippen LogP contribution is -2.03. The molecular formula is C13H11Cl2NO2S. The molecule has 0 saturated heterocycles. The number of nitrogen functional groups attached to an aromatic ring is 1. The first-order valence-corrected chi connectivity index (χ1v) is 7.01. The number of esters is 1. The van der Waals surface area contributed by atoms with E-state index in [2.05, 4.69) is 0 Å². The number of thiophene rings is 1. The van der Waals surface area contributed by atoms with Crippen LogP contribution in [-0.4, -0.2) is 5.97 Å². The first-order valence-electron chi connectivity index (χ1n) is 5.44. The number of ether oxygens (including phenoxy) is 1. The van der Waals surface area contributed by atoms with E-state index in [0.29, 0.717) is 26.2 Å². The molecule has 0 radical (unpaired) electrons. The Balaban J connectivity index is 2.04. The van der Waals surface area contributed by atoms with Gasteiger partial charge in [-0.25, -0.2) is 4.79 Å². The number of anilines is 1. The van der Waals surface area contributed by atoms with E-state index >= 15 is 0 Å². The van der Waals surface area contributed by atoms with Gasteiger partial charge in [-0.2, -0.15) is 0 Å². The topological polar surface area (TPSA) is 52.3 Å². The Kier molecular flexibility index (Phi) is 4.34. The van der Waals surface area contributed by atoms with Gasteiger partial charge in [0.2, 0.25) is 0 Å². The number of aryl methyl sites for hydroxylation is 1. The van der Waals surface area contributed by atoms with Crippen molar-refractivity contribution in [2.75, 3.05) is 5.73 Å². The average molecular weight is 316 g/mol. The summed E-state index contributed by atoms with van der Waals surface area (Å²) in [6, 6.07) is 6.65. The van der Waals surface area contributed by atoms with E-state index in [4.69, 9.17) is 33.7 Å². The van der Waals surface area contributed by atoms with Crippen molar-refractivity contribution in [2.45, 2.75) is 13.5 Å². The molecule has 1 heterocycles. The molecule has 0 atom stereocenters. The number of rotatable bonds is 3. The zero-order valence-electron chi connectivity index (χ0n) is 10.1. The van der Waals surface area contributed by atoms with Crippen molar-refractivity contribution >= 4 is 46.2 Å². The minimum atomic E-state index is -0.407. The molecule has 0 aliphatic heterocycles. The van der Waals surface area contributed by atoms with Gasteiger partial charge in [-0.3, -0.25) is 0 Å². The van der Waals surface area contributed by atoms with E-state index in [1.807, 2.05) is 6.92 Å². The lowest BCUT2D eigenvalue weighted by Gasteiger charge is -2.05. The lowest BCUT2D eigenvalue weighted by molar-refractivity contribution is 0.0479. The molecule has 1 aromatic carbocycles. The van der Waals surface area contributed by atoms with Crippen molar-refractivity contribution in [3.05, 3.63) is 49.6 Å². The molecule has 2 N–H and O–H groups in total. The Labute approximate surface area is 124 Å². The Hall–Kier alpha value is -1.23. The fourth-order valence-corrected chi connectivity index (χ4v) is 2.75. The highest BCUT2D eigenvalue weighted by molar-refractivity contribution is 7.14. The molecule has 0 saturated carbocycles. The summed E-state index contributed by atoms with van der Waals surface area (Å²) in [5, 5.41) is 1.02. The minimum Gasteiger partial charge on any atom is -0.457 e. The number of carbonyl (C=O) groups is 1. The van der Waals surface area contributed by atoms with Gasteiger partial charge in [0.1, 0.15) is 11.5 Å². The van der Waals surface area contributed by atoms with E-state index in [-0.39, 0.29) is 6.61 Å². The summed E-state index contributed by atoms with van der Waals surface area (Å²) in [4.78, 5) is 13.2. The van der Waals surface area contributed by atoms with Crippen LogP contribution in [0.5, 0.6) is 0 Å². The second-order valence-electron chi connectivity index (χ2n) is 3.93. The van der Waals surface area contributed by atoms with Crippen LogP contribution in [0.25, 0.3) is 0 Å². The molecule has 0 fully saturated rings. The Morgan fingerprint density at radius 1 is 1.37 bits per heavy atom. The van der Waals surface area contributed by atoms with Gasteiger partial charge in [0, 0.05) is 26.2 Å². The van der Waals surface area contributed by atoms with Crippen molar-refractivity contribution < 1.29 is 9.53 Å². The predicted octanol–water partition coefficient (Wildman–Crippen LogP) is 4.30. The summed E-state index contributed by atoms with van der Waals surface area (Å²) in [7, 11) is 0. The van der Waals surface area contributed by atoms with Crippen LogP contribution >= 0.6 is 34.5 Å². The molecule has 0 spiro atoms. The van der Waals surface area contributed by atoms with Gasteiger partial charge >= 0.3 is 5.97 Å². The van der Waals surface area contributed by atoms with Gasteiger partial charge in [-0.1, -0.05) is 29.3 Å². The molecule has 0 unspecified atom stereocenters. The standard InChI is InChI=1S/C13H11Cl2NO2S/c1-7-11(16)5-12(19-7)13(17)18-6-8-2-3-9(14)4-10(8)15/h2-5H,6,16H2,1H3. The summed E-state index contributed by atoms with van der Waals surface area (Å²) in [5.74, 6) is -0.407. The number of hydrogen-bond donors (Lipinski definition) is 1. The second kappa shape index (κ2) is 5.82. The summed E-state index contributed by atoms with van der Waals surface area (Å²) < 4.78 is 5.19. The van der Waals surface area contributed by atoms with Crippen LogP contribution in [-0.2, 0) is 11.3 Å². The van der Waals surface area contributed by atoms with Crippen LogP contribution in [0.2, 0.25) is 10.0 Å². The fourth-order valence-electron chi connectivity index (χ4n) is 1.45. The lowest BCUT2D eigenvalue weighted by atomic mass is 10.2. The monoisotopic (exact) mass is 315 g/mol. The zero-order chi connectivity index (χ0) is 14.0. The Bertz CT molecular complexity index is 606. The highest BCUT2D eigenvalue weighted by Crippen LogP contribution is 2.25. The van der Waals surface area contributed by atoms with E-state index in [9.17, 15) is 4.79 Å². The van der Waals surface area contributed by atoms with Gasteiger partial charge < -0.3 is 10.5 Å². The molecule has 2 rings (SSSR count). The first-order chi connectivity index (χ1) is 8.97. The summed E-state index contributed by atoms with van der Waals surface area (Å²) >= 11 is 13.1. The van der Waals surface area contributed by atoms with Crippen molar-refractivity contribution in [1.82, 2.24) is 0 Å². The van der Waals surface area contributed by atoms with E-state index < -0.39 is 5.97 Å². The minimum absolute atomic E-state index is 0.103. The van der Waals surface area contributed by atoms with Crippen molar-refractivity contribution in [3.8, 4) is 0 Å². The summed E-state index contributed by atoms with van der Waals surface area (Å²) in [6.45, 7) is 1.96. The molecule has 2 aromatic rings. The summed E-state index contributed by atoms with van der Waals surface area (Å²) in [5.41, 5.74) is 7.00. The van der Waals surface area contributed by atoms with Crippen molar-refractivity contribution in [2.24, 2.45) is 0 Å². The van der Waals surface area contributed by atoms with Crippen LogP contribution in [0.4, 0.5) is 5.69 Å². The van der Waals surface area contributed by atoms with Crippen molar-refractivity contribution in [1.29, 1.82) is 0 Å².